The first-order valence-corrected chi connectivity index (χ1v) is 8.76. The van der Waals surface area contributed by atoms with E-state index >= 15 is 0 Å². The second-order valence-corrected chi connectivity index (χ2v) is 6.60. The molecule has 8 heteroatoms. The third-order valence-electron chi connectivity index (χ3n) is 3.99. The van der Waals surface area contributed by atoms with Crippen molar-refractivity contribution in [1.82, 2.24) is 25.2 Å². The largest absolute Gasteiger partial charge is 0.350 e. The molecule has 2 amide bonds. The Morgan fingerprint density at radius 1 is 1.38 bits per heavy atom. The first-order valence-electron chi connectivity index (χ1n) is 7.88. The number of amides is 2. The van der Waals surface area contributed by atoms with Crippen LogP contribution in [0.15, 0.2) is 23.8 Å². The molecule has 3 heterocycles. The highest BCUT2D eigenvalue weighted by Crippen LogP contribution is 2.20. The maximum absolute atomic E-state index is 12.3. The topological polar surface area (TPSA) is 88.1 Å². The Morgan fingerprint density at radius 2 is 2.17 bits per heavy atom. The Morgan fingerprint density at radius 3 is 2.92 bits per heavy atom. The number of thiazole rings is 1. The summed E-state index contributed by atoms with van der Waals surface area (Å²) in [6.07, 6.45) is 5.03. The fraction of sp³-hybridized carbons (Fsp3) is 0.438. The van der Waals surface area contributed by atoms with E-state index in [2.05, 4.69) is 20.3 Å². The molecule has 0 radical (unpaired) electrons. The highest BCUT2D eigenvalue weighted by atomic mass is 32.1. The van der Waals surface area contributed by atoms with E-state index < -0.39 is 0 Å². The molecule has 1 N–H and O–H groups in total. The van der Waals surface area contributed by atoms with Crippen LogP contribution in [0, 0.1) is 5.92 Å². The molecule has 1 saturated heterocycles. The van der Waals surface area contributed by atoms with E-state index in [1.54, 1.807) is 30.3 Å². The molecule has 0 bridgehead atoms. The van der Waals surface area contributed by atoms with E-state index in [1.165, 1.54) is 11.3 Å². The molecule has 2 aromatic heterocycles. The van der Waals surface area contributed by atoms with Gasteiger partial charge in [-0.3, -0.25) is 9.59 Å². The monoisotopic (exact) mass is 345 g/mol. The minimum absolute atomic E-state index is 0.0218. The molecule has 1 aliphatic rings. The molecule has 1 fully saturated rings. The maximum Gasteiger partial charge on any atom is 0.225 e. The van der Waals surface area contributed by atoms with E-state index in [9.17, 15) is 9.59 Å². The number of carbonyl (C=O) groups excluding carboxylic acids is 2. The van der Waals surface area contributed by atoms with Crippen LogP contribution in [-0.2, 0) is 16.1 Å². The van der Waals surface area contributed by atoms with E-state index in [-0.39, 0.29) is 17.7 Å². The number of rotatable bonds is 4. The second-order valence-electron chi connectivity index (χ2n) is 5.74. The van der Waals surface area contributed by atoms with E-state index in [0.717, 1.165) is 30.1 Å². The molecule has 0 unspecified atom stereocenters. The van der Waals surface area contributed by atoms with Crippen molar-refractivity contribution in [3.63, 3.8) is 0 Å². The van der Waals surface area contributed by atoms with Crippen LogP contribution in [0.1, 0.15) is 25.5 Å². The Hall–Kier alpha value is -2.35. The number of aromatic nitrogens is 3. The molecule has 0 saturated carbocycles. The SMILES string of the molecule is CC(=O)N1CCC[C@H](C(=O)NCc2csc(-c3ncccn3)n2)C1. The molecule has 24 heavy (non-hydrogen) atoms. The third kappa shape index (κ3) is 3.94. The predicted molar refractivity (Wildman–Crippen MR) is 90.0 cm³/mol. The van der Waals surface area contributed by atoms with Crippen molar-refractivity contribution < 1.29 is 9.59 Å². The lowest BCUT2D eigenvalue weighted by Crippen LogP contribution is -2.44. The van der Waals surface area contributed by atoms with Crippen molar-refractivity contribution in [3.8, 4) is 10.8 Å². The maximum atomic E-state index is 12.3. The van der Waals surface area contributed by atoms with Gasteiger partial charge in [-0.25, -0.2) is 15.0 Å². The standard InChI is InChI=1S/C16H19N5O2S/c1-11(22)21-7-2-4-12(9-21)15(23)19-8-13-10-24-16(20-13)14-17-5-3-6-18-14/h3,5-6,10,12H,2,4,7-9H2,1H3,(H,19,23)/t12-/m0/s1. The lowest BCUT2D eigenvalue weighted by Gasteiger charge is -2.31. The summed E-state index contributed by atoms with van der Waals surface area (Å²) in [4.78, 5) is 38.3. The second kappa shape index (κ2) is 7.48. The number of nitrogens with one attached hydrogen (secondary N) is 1. The molecule has 2 aromatic rings. The van der Waals surface area contributed by atoms with E-state index in [1.807, 2.05) is 5.38 Å². The number of likely N-dealkylation sites (tertiary alicyclic amines) is 1. The van der Waals surface area contributed by atoms with Gasteiger partial charge in [0.2, 0.25) is 11.8 Å². The van der Waals surface area contributed by atoms with Crippen LogP contribution >= 0.6 is 11.3 Å². The quantitative estimate of drug-likeness (QED) is 0.907. The molecule has 1 atom stereocenters. The molecule has 1 aliphatic heterocycles. The first kappa shape index (κ1) is 16.5. The Labute approximate surface area is 144 Å². The van der Waals surface area contributed by atoms with Crippen molar-refractivity contribution in [1.29, 1.82) is 0 Å². The third-order valence-corrected chi connectivity index (χ3v) is 4.88. The lowest BCUT2D eigenvalue weighted by molar-refractivity contribution is -0.134. The molecular formula is C16H19N5O2S. The van der Waals surface area contributed by atoms with Crippen LogP contribution in [0.5, 0.6) is 0 Å². The average molecular weight is 345 g/mol. The van der Waals surface area contributed by atoms with E-state index in [4.69, 9.17) is 0 Å². The van der Waals surface area contributed by atoms with Gasteiger partial charge in [0, 0.05) is 37.8 Å². The fourth-order valence-electron chi connectivity index (χ4n) is 2.70. The molecular weight excluding hydrogens is 326 g/mol. The molecule has 0 aromatic carbocycles. The number of piperidine rings is 1. The minimum atomic E-state index is -0.141. The number of hydrogen-bond acceptors (Lipinski definition) is 6. The van der Waals surface area contributed by atoms with Crippen molar-refractivity contribution >= 4 is 23.2 Å². The van der Waals surface area contributed by atoms with Crippen LogP contribution in [0.3, 0.4) is 0 Å². The Kier molecular flexibility index (Phi) is 5.14. The van der Waals surface area contributed by atoms with Crippen molar-refractivity contribution in [2.75, 3.05) is 13.1 Å². The normalized spacial score (nSPS) is 17.5. The number of nitrogens with zero attached hydrogens (tertiary/aromatic N) is 4. The van der Waals surface area contributed by atoms with Crippen molar-refractivity contribution in [2.45, 2.75) is 26.3 Å². The number of carbonyl (C=O) groups is 2. The Bertz CT molecular complexity index is 718. The van der Waals surface area contributed by atoms with Gasteiger partial charge >= 0.3 is 0 Å². The van der Waals surface area contributed by atoms with Crippen LogP contribution in [0.2, 0.25) is 0 Å². The van der Waals surface area contributed by atoms with Crippen LogP contribution in [-0.4, -0.2) is 44.8 Å². The molecule has 3 rings (SSSR count). The first-order chi connectivity index (χ1) is 11.6. The van der Waals surface area contributed by atoms with Gasteiger partial charge in [0.15, 0.2) is 10.8 Å². The van der Waals surface area contributed by atoms with Gasteiger partial charge in [-0.15, -0.1) is 11.3 Å². The molecule has 0 spiro atoms. The summed E-state index contributed by atoms with van der Waals surface area (Å²) in [7, 11) is 0. The summed E-state index contributed by atoms with van der Waals surface area (Å²) in [6.45, 7) is 3.16. The highest BCUT2D eigenvalue weighted by molar-refractivity contribution is 7.13. The van der Waals surface area contributed by atoms with Crippen molar-refractivity contribution in [2.24, 2.45) is 5.92 Å². The lowest BCUT2D eigenvalue weighted by atomic mass is 9.97. The van der Waals surface area contributed by atoms with Gasteiger partial charge in [-0.05, 0) is 18.9 Å². The smallest absolute Gasteiger partial charge is 0.225 e. The van der Waals surface area contributed by atoms with Gasteiger partial charge in [0.1, 0.15) is 0 Å². The van der Waals surface area contributed by atoms with Gasteiger partial charge in [-0.2, -0.15) is 0 Å². The summed E-state index contributed by atoms with van der Waals surface area (Å²) in [6, 6.07) is 1.76. The zero-order chi connectivity index (χ0) is 16.9. The Balaban J connectivity index is 1.55. The van der Waals surface area contributed by atoms with Gasteiger partial charge < -0.3 is 10.2 Å². The summed E-state index contributed by atoms with van der Waals surface area (Å²) in [5.41, 5.74) is 0.787. The summed E-state index contributed by atoms with van der Waals surface area (Å²) in [5.74, 6) is 0.452. The number of hydrogen-bond donors (Lipinski definition) is 1. The highest BCUT2D eigenvalue weighted by Gasteiger charge is 2.26. The van der Waals surface area contributed by atoms with Crippen molar-refractivity contribution in [3.05, 3.63) is 29.5 Å². The summed E-state index contributed by atoms with van der Waals surface area (Å²) >= 11 is 1.45. The average Bonchev–Trinajstić information content (AvgIpc) is 3.09. The van der Waals surface area contributed by atoms with Gasteiger partial charge in [0.25, 0.3) is 0 Å². The fourth-order valence-corrected chi connectivity index (χ4v) is 3.46. The summed E-state index contributed by atoms with van der Waals surface area (Å²) in [5, 5.41) is 5.55. The molecule has 0 aliphatic carbocycles. The molecule has 126 valence electrons. The zero-order valence-electron chi connectivity index (χ0n) is 13.4. The van der Waals surface area contributed by atoms with E-state index in [0.29, 0.717) is 18.9 Å². The van der Waals surface area contributed by atoms with Crippen LogP contribution < -0.4 is 5.32 Å². The van der Waals surface area contributed by atoms with Crippen LogP contribution in [0.25, 0.3) is 10.8 Å². The predicted octanol–water partition coefficient (Wildman–Crippen LogP) is 1.47. The molecule has 7 nitrogen and oxygen atoms in total. The van der Waals surface area contributed by atoms with Gasteiger partial charge in [0.05, 0.1) is 18.2 Å². The zero-order valence-corrected chi connectivity index (χ0v) is 14.3. The summed E-state index contributed by atoms with van der Waals surface area (Å²) < 4.78 is 0. The van der Waals surface area contributed by atoms with Gasteiger partial charge in [-0.1, -0.05) is 0 Å². The van der Waals surface area contributed by atoms with Crippen LogP contribution in [0.4, 0.5) is 0 Å². The minimum Gasteiger partial charge on any atom is -0.350 e.